The Morgan fingerprint density at radius 3 is 2.30 bits per heavy atom. The molecule has 0 fully saturated rings. The fourth-order valence-electron chi connectivity index (χ4n) is 1.93. The summed E-state index contributed by atoms with van der Waals surface area (Å²) in [5, 5.41) is 0. The van der Waals surface area contributed by atoms with Crippen LogP contribution in [0.5, 0.6) is 0 Å². The van der Waals surface area contributed by atoms with Gasteiger partial charge in [0.2, 0.25) is 10.0 Å². The van der Waals surface area contributed by atoms with E-state index in [0.29, 0.717) is 12.6 Å². The molecule has 0 aliphatic heterocycles. The number of halogens is 2. The van der Waals surface area contributed by atoms with E-state index in [9.17, 15) is 17.2 Å². The molecule has 1 rings (SSSR count). The minimum Gasteiger partial charge on any atom is -0.309 e. The summed E-state index contributed by atoms with van der Waals surface area (Å²) in [7, 11) is -0.0548. The summed E-state index contributed by atoms with van der Waals surface area (Å²) in [5.41, 5.74) is -0.283. The molecule has 4 nitrogen and oxygen atoms in total. The van der Waals surface area contributed by atoms with E-state index in [2.05, 4.69) is 4.72 Å². The van der Waals surface area contributed by atoms with E-state index in [1.807, 2.05) is 32.8 Å². The summed E-state index contributed by atoms with van der Waals surface area (Å²) in [6, 6.07) is 2.52. The Hall–Kier alpha value is -1.05. The lowest BCUT2D eigenvalue weighted by atomic mass is 9.93. The van der Waals surface area contributed by atoms with Crippen LogP contribution in [0.1, 0.15) is 13.8 Å². The number of rotatable bonds is 6. The molecule has 0 aliphatic rings. The van der Waals surface area contributed by atoms with E-state index in [0.717, 1.165) is 12.1 Å². The molecule has 1 aromatic rings. The van der Waals surface area contributed by atoms with Crippen molar-refractivity contribution in [1.29, 1.82) is 0 Å². The first-order valence-corrected chi connectivity index (χ1v) is 7.61. The first-order chi connectivity index (χ1) is 9.03. The zero-order chi connectivity index (χ0) is 15.6. The smallest absolute Gasteiger partial charge is 0.240 e. The fourth-order valence-corrected chi connectivity index (χ4v) is 3.18. The van der Waals surface area contributed by atoms with Gasteiger partial charge in [0.25, 0.3) is 0 Å². The standard InChI is InChI=1S/C13H20F2N2O2S/c1-13(2,9-17(3)4)8-16-20(18,19)10-5-6-11(14)12(15)7-10/h5-7,16H,8-9H2,1-4H3. The lowest BCUT2D eigenvalue weighted by Gasteiger charge is -2.28. The van der Waals surface area contributed by atoms with E-state index in [-0.39, 0.29) is 16.9 Å². The molecule has 0 amide bonds. The lowest BCUT2D eigenvalue weighted by Crippen LogP contribution is -2.39. The second kappa shape index (κ2) is 6.15. The van der Waals surface area contributed by atoms with Crippen molar-refractivity contribution in [2.75, 3.05) is 27.2 Å². The maximum absolute atomic E-state index is 13.1. The van der Waals surface area contributed by atoms with Crippen molar-refractivity contribution in [3.05, 3.63) is 29.8 Å². The van der Waals surface area contributed by atoms with Gasteiger partial charge in [-0.2, -0.15) is 0 Å². The van der Waals surface area contributed by atoms with E-state index >= 15 is 0 Å². The lowest BCUT2D eigenvalue weighted by molar-refractivity contribution is 0.242. The Kier molecular flexibility index (Phi) is 5.23. The number of nitrogens with one attached hydrogen (secondary N) is 1. The largest absolute Gasteiger partial charge is 0.309 e. The number of benzene rings is 1. The molecule has 20 heavy (non-hydrogen) atoms. The van der Waals surface area contributed by atoms with Crippen molar-refractivity contribution >= 4 is 10.0 Å². The van der Waals surface area contributed by atoms with E-state index in [1.165, 1.54) is 0 Å². The van der Waals surface area contributed by atoms with Gasteiger partial charge in [0.15, 0.2) is 11.6 Å². The molecular weight excluding hydrogens is 286 g/mol. The van der Waals surface area contributed by atoms with E-state index < -0.39 is 21.7 Å². The molecule has 1 aromatic carbocycles. The van der Waals surface area contributed by atoms with Crippen molar-refractivity contribution in [1.82, 2.24) is 9.62 Å². The van der Waals surface area contributed by atoms with Gasteiger partial charge in [-0.3, -0.25) is 0 Å². The molecule has 0 saturated carbocycles. The highest BCUT2D eigenvalue weighted by atomic mass is 32.2. The Morgan fingerprint density at radius 1 is 1.20 bits per heavy atom. The van der Waals surface area contributed by atoms with Gasteiger partial charge in [-0.15, -0.1) is 0 Å². The van der Waals surface area contributed by atoms with Crippen molar-refractivity contribution in [2.45, 2.75) is 18.7 Å². The number of hydrogen-bond acceptors (Lipinski definition) is 3. The SMILES string of the molecule is CN(C)CC(C)(C)CNS(=O)(=O)c1ccc(F)c(F)c1. The van der Waals surface area contributed by atoms with Crippen LogP contribution in [0, 0.1) is 17.0 Å². The van der Waals surface area contributed by atoms with Crippen molar-refractivity contribution < 1.29 is 17.2 Å². The normalized spacial score (nSPS) is 12.9. The topological polar surface area (TPSA) is 49.4 Å². The van der Waals surface area contributed by atoms with Gasteiger partial charge in [0.1, 0.15) is 0 Å². The molecular formula is C13H20F2N2O2S. The van der Waals surface area contributed by atoms with Gasteiger partial charge < -0.3 is 4.90 Å². The van der Waals surface area contributed by atoms with Gasteiger partial charge in [0, 0.05) is 13.1 Å². The minimum atomic E-state index is -3.84. The predicted molar refractivity (Wildman–Crippen MR) is 73.9 cm³/mol. The monoisotopic (exact) mass is 306 g/mol. The van der Waals surface area contributed by atoms with Crippen molar-refractivity contribution in [3.8, 4) is 0 Å². The summed E-state index contributed by atoms with van der Waals surface area (Å²) >= 11 is 0. The summed E-state index contributed by atoms with van der Waals surface area (Å²) < 4.78 is 52.3. The van der Waals surface area contributed by atoms with Crippen LogP contribution < -0.4 is 4.72 Å². The maximum atomic E-state index is 13.1. The summed E-state index contributed by atoms with van der Waals surface area (Å²) in [5.74, 6) is -2.25. The molecule has 7 heteroatoms. The highest BCUT2D eigenvalue weighted by Crippen LogP contribution is 2.17. The van der Waals surface area contributed by atoms with Gasteiger partial charge >= 0.3 is 0 Å². The average molecular weight is 306 g/mol. The Bertz CT molecular complexity index is 572. The Balaban J connectivity index is 2.82. The second-order valence-electron chi connectivity index (χ2n) is 5.80. The van der Waals surface area contributed by atoms with Crippen LogP contribution in [0.4, 0.5) is 8.78 Å². The molecule has 0 atom stereocenters. The first-order valence-electron chi connectivity index (χ1n) is 6.13. The highest BCUT2D eigenvalue weighted by Gasteiger charge is 2.23. The quantitative estimate of drug-likeness (QED) is 0.872. The van der Waals surface area contributed by atoms with Crippen molar-refractivity contribution in [2.24, 2.45) is 5.41 Å². The molecule has 0 aliphatic carbocycles. The minimum absolute atomic E-state index is 0.201. The second-order valence-corrected chi connectivity index (χ2v) is 7.57. The Labute approximate surface area is 118 Å². The first kappa shape index (κ1) is 17.0. The molecule has 114 valence electrons. The zero-order valence-electron chi connectivity index (χ0n) is 12.1. The number of hydrogen-bond donors (Lipinski definition) is 1. The van der Waals surface area contributed by atoms with Crippen molar-refractivity contribution in [3.63, 3.8) is 0 Å². The van der Waals surface area contributed by atoms with Crippen LogP contribution in [-0.2, 0) is 10.0 Å². The van der Waals surface area contributed by atoms with Gasteiger partial charge in [-0.25, -0.2) is 21.9 Å². The third-order valence-electron chi connectivity index (χ3n) is 2.69. The van der Waals surface area contributed by atoms with Crippen LogP contribution in [0.2, 0.25) is 0 Å². The summed E-state index contributed by atoms with van der Waals surface area (Å²) in [4.78, 5) is 1.67. The molecule has 1 N–H and O–H groups in total. The highest BCUT2D eigenvalue weighted by molar-refractivity contribution is 7.89. The molecule has 0 spiro atoms. The van der Waals surface area contributed by atoms with Gasteiger partial charge in [-0.1, -0.05) is 13.8 Å². The van der Waals surface area contributed by atoms with Crippen LogP contribution in [-0.4, -0.2) is 40.5 Å². The Morgan fingerprint density at radius 2 is 1.80 bits per heavy atom. The molecule has 0 heterocycles. The zero-order valence-corrected chi connectivity index (χ0v) is 12.9. The van der Waals surface area contributed by atoms with Crippen LogP contribution in [0.15, 0.2) is 23.1 Å². The molecule has 0 bridgehead atoms. The molecule has 0 saturated heterocycles. The predicted octanol–water partition coefficient (Wildman–Crippen LogP) is 1.83. The van der Waals surface area contributed by atoms with Gasteiger partial charge in [0.05, 0.1) is 4.90 Å². The fraction of sp³-hybridized carbons (Fsp3) is 0.538. The summed E-state index contributed by atoms with van der Waals surface area (Å²) in [6.45, 7) is 4.72. The van der Waals surface area contributed by atoms with Crippen LogP contribution in [0.3, 0.4) is 0 Å². The molecule has 0 unspecified atom stereocenters. The van der Waals surface area contributed by atoms with Gasteiger partial charge in [-0.05, 0) is 37.7 Å². The van der Waals surface area contributed by atoms with Crippen LogP contribution in [0.25, 0.3) is 0 Å². The molecule has 0 radical (unpaired) electrons. The molecule has 0 aromatic heterocycles. The third kappa shape index (κ3) is 4.81. The average Bonchev–Trinajstić information content (AvgIpc) is 2.29. The van der Waals surface area contributed by atoms with E-state index in [1.54, 1.807) is 0 Å². The number of sulfonamides is 1. The third-order valence-corrected chi connectivity index (χ3v) is 4.09. The maximum Gasteiger partial charge on any atom is 0.240 e. The number of nitrogens with zero attached hydrogens (tertiary/aromatic N) is 1. The van der Waals surface area contributed by atoms with Crippen LogP contribution >= 0.6 is 0 Å². The van der Waals surface area contributed by atoms with E-state index in [4.69, 9.17) is 0 Å². The summed E-state index contributed by atoms with van der Waals surface area (Å²) in [6.07, 6.45) is 0.